The number of hydrogen-bond acceptors (Lipinski definition) is 4. The van der Waals surface area contributed by atoms with Gasteiger partial charge >= 0.3 is 5.97 Å². The summed E-state index contributed by atoms with van der Waals surface area (Å²) in [5.74, 6) is -0.688. The summed E-state index contributed by atoms with van der Waals surface area (Å²) in [6.07, 6.45) is 2.08. The third-order valence-electron chi connectivity index (χ3n) is 5.39. The quantitative estimate of drug-likeness (QED) is 0.566. The molecule has 1 aliphatic carbocycles. The van der Waals surface area contributed by atoms with Gasteiger partial charge in [0.25, 0.3) is 5.91 Å². The lowest BCUT2D eigenvalue weighted by molar-refractivity contribution is -0.113. The van der Waals surface area contributed by atoms with Crippen LogP contribution < -0.4 is 10.6 Å². The number of thiocarbonyl (C=S) groups is 1. The Morgan fingerprint density at radius 3 is 2.43 bits per heavy atom. The molecule has 30 heavy (non-hydrogen) atoms. The maximum Gasteiger partial charge on any atom is 0.338 e. The van der Waals surface area contributed by atoms with Gasteiger partial charge in [-0.05, 0) is 55.7 Å². The molecule has 4 rings (SSSR count). The number of carbonyl (C=O) groups excluding carboxylic acids is 2. The number of allylic oxidation sites excluding steroid dienone is 1. The van der Waals surface area contributed by atoms with E-state index in [0.29, 0.717) is 33.5 Å². The molecule has 1 fully saturated rings. The molecule has 154 valence electrons. The van der Waals surface area contributed by atoms with Crippen molar-refractivity contribution in [2.45, 2.75) is 31.8 Å². The number of para-hydroxylation sites is 1. The summed E-state index contributed by atoms with van der Waals surface area (Å²) in [4.78, 5) is 27.8. The predicted molar refractivity (Wildman–Crippen MR) is 119 cm³/mol. The van der Waals surface area contributed by atoms with Crippen LogP contribution >= 0.6 is 12.2 Å². The lowest BCUT2D eigenvalue weighted by Crippen LogP contribution is -2.49. The van der Waals surface area contributed by atoms with E-state index in [1.165, 1.54) is 7.11 Å². The number of nitrogens with zero attached hydrogens (tertiary/aromatic N) is 1. The van der Waals surface area contributed by atoms with Crippen LogP contribution in [0.1, 0.15) is 41.7 Å². The van der Waals surface area contributed by atoms with Gasteiger partial charge in [-0.1, -0.05) is 36.4 Å². The van der Waals surface area contributed by atoms with E-state index in [4.69, 9.17) is 17.0 Å². The summed E-state index contributed by atoms with van der Waals surface area (Å²) in [6, 6.07) is 16.2. The predicted octanol–water partition coefficient (Wildman–Crippen LogP) is 3.78. The number of methoxy groups -OCH3 is 1. The largest absolute Gasteiger partial charge is 0.465 e. The van der Waals surface area contributed by atoms with Crippen molar-refractivity contribution >= 4 is 34.9 Å². The highest BCUT2D eigenvalue weighted by atomic mass is 32.1. The Labute approximate surface area is 180 Å². The van der Waals surface area contributed by atoms with Crippen molar-refractivity contribution < 1.29 is 14.3 Å². The lowest BCUT2D eigenvalue weighted by atomic mass is 9.90. The second-order valence-electron chi connectivity index (χ2n) is 7.38. The molecular weight excluding hydrogens is 398 g/mol. The Balaban J connectivity index is 1.80. The van der Waals surface area contributed by atoms with Crippen LogP contribution in [0.15, 0.2) is 65.9 Å². The first-order valence-electron chi connectivity index (χ1n) is 9.85. The Hall–Kier alpha value is -3.19. The number of anilines is 1. The molecule has 0 saturated heterocycles. The minimum absolute atomic E-state index is 0.232. The van der Waals surface area contributed by atoms with E-state index in [1.54, 1.807) is 12.1 Å². The number of carbonyl (C=O) groups is 2. The molecule has 0 bridgehead atoms. The van der Waals surface area contributed by atoms with Crippen LogP contribution in [0.3, 0.4) is 0 Å². The van der Waals surface area contributed by atoms with Crippen LogP contribution in [-0.4, -0.2) is 35.0 Å². The summed E-state index contributed by atoms with van der Waals surface area (Å²) in [7, 11) is 1.34. The topological polar surface area (TPSA) is 70.7 Å². The normalized spacial score (nSPS) is 18.7. The number of benzene rings is 2. The average Bonchev–Trinajstić information content (AvgIpc) is 3.58. The Morgan fingerprint density at radius 1 is 1.10 bits per heavy atom. The van der Waals surface area contributed by atoms with Crippen LogP contribution in [0, 0.1) is 0 Å². The molecule has 2 aromatic rings. The summed E-state index contributed by atoms with van der Waals surface area (Å²) in [6.45, 7) is 1.92. The van der Waals surface area contributed by atoms with Gasteiger partial charge in [0.15, 0.2) is 5.11 Å². The number of ether oxygens (including phenoxy) is 1. The maximum absolute atomic E-state index is 13.4. The zero-order valence-electron chi connectivity index (χ0n) is 16.8. The van der Waals surface area contributed by atoms with E-state index in [9.17, 15) is 9.59 Å². The average molecular weight is 422 g/mol. The molecular formula is C23H23N3O3S. The van der Waals surface area contributed by atoms with Crippen LogP contribution in [0.25, 0.3) is 0 Å². The van der Waals surface area contributed by atoms with Gasteiger partial charge in [-0.3, -0.25) is 4.79 Å². The van der Waals surface area contributed by atoms with Crippen LogP contribution in [-0.2, 0) is 9.53 Å². The van der Waals surface area contributed by atoms with Gasteiger partial charge < -0.3 is 20.3 Å². The fourth-order valence-corrected chi connectivity index (χ4v) is 4.23. The van der Waals surface area contributed by atoms with Gasteiger partial charge in [0.2, 0.25) is 0 Å². The zero-order chi connectivity index (χ0) is 21.3. The molecule has 0 radical (unpaired) electrons. The molecule has 1 saturated carbocycles. The molecule has 1 aliphatic heterocycles. The Kier molecular flexibility index (Phi) is 5.55. The molecule has 1 amide bonds. The molecule has 1 unspecified atom stereocenters. The van der Waals surface area contributed by atoms with Gasteiger partial charge in [-0.2, -0.15) is 0 Å². The minimum atomic E-state index is -0.563. The van der Waals surface area contributed by atoms with Crippen molar-refractivity contribution in [3.8, 4) is 0 Å². The Bertz CT molecular complexity index is 1030. The molecule has 0 aromatic heterocycles. The number of amides is 1. The van der Waals surface area contributed by atoms with Gasteiger partial charge in [0, 0.05) is 17.4 Å². The van der Waals surface area contributed by atoms with E-state index >= 15 is 0 Å². The molecule has 6 nitrogen and oxygen atoms in total. The molecule has 1 atom stereocenters. The summed E-state index contributed by atoms with van der Waals surface area (Å²) in [5, 5.41) is 6.84. The molecule has 1 heterocycles. The number of rotatable bonds is 5. The highest BCUT2D eigenvalue weighted by Gasteiger charge is 2.41. The van der Waals surface area contributed by atoms with Crippen molar-refractivity contribution in [3.63, 3.8) is 0 Å². The smallest absolute Gasteiger partial charge is 0.338 e. The third-order valence-corrected chi connectivity index (χ3v) is 5.71. The first-order valence-corrected chi connectivity index (χ1v) is 10.3. The molecule has 0 spiro atoms. The summed E-state index contributed by atoms with van der Waals surface area (Å²) in [5.41, 5.74) is 3.10. The number of esters is 1. The molecule has 2 aliphatic rings. The third kappa shape index (κ3) is 3.80. The van der Waals surface area contributed by atoms with Gasteiger partial charge in [0.05, 0.1) is 24.3 Å². The van der Waals surface area contributed by atoms with Crippen molar-refractivity contribution in [1.29, 1.82) is 0 Å². The zero-order valence-corrected chi connectivity index (χ0v) is 17.7. The lowest BCUT2D eigenvalue weighted by Gasteiger charge is -2.38. The highest BCUT2D eigenvalue weighted by molar-refractivity contribution is 7.80. The van der Waals surface area contributed by atoms with E-state index < -0.39 is 12.0 Å². The minimum Gasteiger partial charge on any atom is -0.465 e. The highest BCUT2D eigenvalue weighted by Crippen LogP contribution is 2.38. The SMILES string of the molecule is COC(=O)c1ccccc1C1NC(=S)N(C2CC2)C(C)=C1C(=O)Nc1ccccc1. The van der Waals surface area contributed by atoms with E-state index in [0.717, 1.165) is 18.5 Å². The fraction of sp³-hybridized carbons (Fsp3) is 0.261. The summed E-state index contributed by atoms with van der Waals surface area (Å²) >= 11 is 5.64. The van der Waals surface area contributed by atoms with Gasteiger partial charge in [-0.25, -0.2) is 4.79 Å². The fourth-order valence-electron chi connectivity index (χ4n) is 3.82. The van der Waals surface area contributed by atoms with Crippen LogP contribution in [0.2, 0.25) is 0 Å². The van der Waals surface area contributed by atoms with Crippen LogP contribution in [0.4, 0.5) is 5.69 Å². The second kappa shape index (κ2) is 8.28. The Morgan fingerprint density at radius 2 is 1.77 bits per heavy atom. The standard InChI is InChI=1S/C23H23N3O3S/c1-14-19(21(27)24-15-8-4-3-5-9-15)20(25-23(30)26(14)16-12-13-16)17-10-6-7-11-18(17)22(28)29-2/h3-11,16,20H,12-13H2,1-2H3,(H,24,27)(H,25,30). The number of nitrogens with one attached hydrogen (secondary N) is 2. The first kappa shape index (κ1) is 20.1. The first-order chi connectivity index (χ1) is 14.5. The van der Waals surface area contributed by atoms with Crippen molar-refractivity contribution in [2.24, 2.45) is 0 Å². The molecule has 2 N–H and O–H groups in total. The van der Waals surface area contributed by atoms with Crippen molar-refractivity contribution in [2.75, 3.05) is 12.4 Å². The van der Waals surface area contributed by atoms with Gasteiger partial charge in [-0.15, -0.1) is 0 Å². The maximum atomic E-state index is 13.4. The van der Waals surface area contributed by atoms with Crippen molar-refractivity contribution in [3.05, 3.63) is 77.0 Å². The molecule has 7 heteroatoms. The second-order valence-corrected chi connectivity index (χ2v) is 7.77. The monoisotopic (exact) mass is 421 g/mol. The van der Waals surface area contributed by atoms with E-state index in [-0.39, 0.29) is 5.91 Å². The van der Waals surface area contributed by atoms with Crippen LogP contribution in [0.5, 0.6) is 0 Å². The summed E-state index contributed by atoms with van der Waals surface area (Å²) < 4.78 is 4.96. The van der Waals surface area contributed by atoms with Gasteiger partial charge in [0.1, 0.15) is 0 Å². The number of hydrogen-bond donors (Lipinski definition) is 2. The molecule has 2 aromatic carbocycles. The van der Waals surface area contributed by atoms with E-state index in [2.05, 4.69) is 10.6 Å². The van der Waals surface area contributed by atoms with Crippen molar-refractivity contribution in [1.82, 2.24) is 10.2 Å². The van der Waals surface area contributed by atoms with E-state index in [1.807, 2.05) is 54.3 Å².